The number of nitrogens with zero attached hydrogens (tertiary/aromatic N) is 3. The van der Waals surface area contributed by atoms with E-state index in [0.29, 0.717) is 30.2 Å². The predicted octanol–water partition coefficient (Wildman–Crippen LogP) is 5.11. The first kappa shape index (κ1) is 20.9. The van der Waals surface area contributed by atoms with Crippen molar-refractivity contribution in [3.8, 4) is 0 Å². The first-order chi connectivity index (χ1) is 15.0. The standard InChI is InChI=1S/C24H24ClN5O/c1-16-5-8-18(9-6-16)15-30-22(28-21-4-3-12-26-23(21)30)11-13-27-24(31)29-20-10-7-17(2)14-19(20)25/h3-10,12,14H,11,13,15H2,1-2H3,(H2,27,29,31). The molecule has 2 N–H and O–H groups in total. The summed E-state index contributed by atoms with van der Waals surface area (Å²) >= 11 is 6.19. The topological polar surface area (TPSA) is 71.8 Å². The summed E-state index contributed by atoms with van der Waals surface area (Å²) < 4.78 is 2.11. The minimum absolute atomic E-state index is 0.301. The predicted molar refractivity (Wildman–Crippen MR) is 125 cm³/mol. The highest BCUT2D eigenvalue weighted by Gasteiger charge is 2.13. The molecule has 0 aliphatic carbocycles. The van der Waals surface area contributed by atoms with E-state index in [1.165, 1.54) is 11.1 Å². The number of anilines is 1. The number of aromatic nitrogens is 3. The quantitative estimate of drug-likeness (QED) is 0.443. The van der Waals surface area contributed by atoms with Crippen molar-refractivity contribution in [2.75, 3.05) is 11.9 Å². The number of carbonyl (C=O) groups is 1. The van der Waals surface area contributed by atoms with Crippen LogP contribution in [0.15, 0.2) is 60.8 Å². The Hall–Kier alpha value is -3.38. The second-order valence-corrected chi connectivity index (χ2v) is 7.97. The Balaban J connectivity index is 1.45. The Kier molecular flexibility index (Phi) is 6.18. The summed E-state index contributed by atoms with van der Waals surface area (Å²) in [6, 6.07) is 17.5. The lowest BCUT2D eigenvalue weighted by Crippen LogP contribution is -2.31. The Morgan fingerprint density at radius 3 is 2.61 bits per heavy atom. The lowest BCUT2D eigenvalue weighted by Gasteiger charge is -2.11. The summed E-state index contributed by atoms with van der Waals surface area (Å²) in [5, 5.41) is 6.19. The van der Waals surface area contributed by atoms with Crippen LogP contribution < -0.4 is 10.6 Å². The van der Waals surface area contributed by atoms with Crippen molar-refractivity contribution >= 4 is 34.5 Å². The molecule has 2 aromatic carbocycles. The fraction of sp³-hybridized carbons (Fsp3) is 0.208. The summed E-state index contributed by atoms with van der Waals surface area (Å²) in [4.78, 5) is 21.6. The van der Waals surface area contributed by atoms with Gasteiger partial charge in [0.05, 0.1) is 17.3 Å². The van der Waals surface area contributed by atoms with Gasteiger partial charge in [0.25, 0.3) is 0 Å². The van der Waals surface area contributed by atoms with Gasteiger partial charge < -0.3 is 15.2 Å². The Bertz CT molecular complexity index is 1220. The number of rotatable bonds is 6. The smallest absolute Gasteiger partial charge is 0.319 e. The van der Waals surface area contributed by atoms with Crippen molar-refractivity contribution in [2.45, 2.75) is 26.8 Å². The van der Waals surface area contributed by atoms with Gasteiger partial charge in [0.2, 0.25) is 0 Å². The summed E-state index contributed by atoms with van der Waals surface area (Å²) in [6.07, 6.45) is 2.35. The lowest BCUT2D eigenvalue weighted by molar-refractivity contribution is 0.252. The van der Waals surface area contributed by atoms with Crippen molar-refractivity contribution in [3.63, 3.8) is 0 Å². The van der Waals surface area contributed by atoms with Crippen LogP contribution in [0.2, 0.25) is 5.02 Å². The molecule has 0 saturated heterocycles. The summed E-state index contributed by atoms with van der Waals surface area (Å²) in [7, 11) is 0. The molecule has 0 unspecified atom stereocenters. The van der Waals surface area contributed by atoms with Crippen molar-refractivity contribution < 1.29 is 4.79 Å². The van der Waals surface area contributed by atoms with Crippen LogP contribution in [0.1, 0.15) is 22.5 Å². The molecule has 158 valence electrons. The molecule has 0 atom stereocenters. The molecule has 2 amide bonds. The third kappa shape index (κ3) is 5.03. The molecule has 0 radical (unpaired) electrons. The van der Waals surface area contributed by atoms with E-state index in [-0.39, 0.29) is 6.03 Å². The van der Waals surface area contributed by atoms with Gasteiger partial charge in [-0.2, -0.15) is 0 Å². The molecular weight excluding hydrogens is 410 g/mol. The number of pyridine rings is 1. The van der Waals surface area contributed by atoms with Crippen LogP contribution in [0.4, 0.5) is 10.5 Å². The van der Waals surface area contributed by atoms with Crippen LogP contribution in [-0.2, 0) is 13.0 Å². The molecule has 4 aromatic rings. The summed E-state index contributed by atoms with van der Waals surface area (Å²) in [6.45, 7) is 5.14. The van der Waals surface area contributed by atoms with Crippen LogP contribution >= 0.6 is 11.6 Å². The van der Waals surface area contributed by atoms with Gasteiger partial charge in [0.1, 0.15) is 11.3 Å². The second kappa shape index (κ2) is 9.18. The van der Waals surface area contributed by atoms with E-state index >= 15 is 0 Å². The molecule has 0 aliphatic heterocycles. The molecule has 2 aromatic heterocycles. The van der Waals surface area contributed by atoms with Gasteiger partial charge in [-0.05, 0) is 49.2 Å². The van der Waals surface area contributed by atoms with Gasteiger partial charge in [-0.15, -0.1) is 0 Å². The number of nitrogens with one attached hydrogen (secondary N) is 2. The number of imidazole rings is 1. The molecule has 0 aliphatic rings. The molecule has 7 heteroatoms. The Morgan fingerprint density at radius 2 is 1.84 bits per heavy atom. The number of benzene rings is 2. The zero-order valence-corrected chi connectivity index (χ0v) is 18.3. The maximum absolute atomic E-state index is 12.3. The molecular formula is C24H24ClN5O. The molecule has 6 nitrogen and oxygen atoms in total. The highest BCUT2D eigenvalue weighted by Crippen LogP contribution is 2.22. The number of hydrogen-bond donors (Lipinski definition) is 2. The van der Waals surface area contributed by atoms with Gasteiger partial charge in [0.15, 0.2) is 5.65 Å². The number of hydrogen-bond acceptors (Lipinski definition) is 3. The SMILES string of the molecule is Cc1ccc(Cn2c(CCNC(=O)Nc3ccc(C)cc3Cl)nc3cccnc32)cc1. The highest BCUT2D eigenvalue weighted by atomic mass is 35.5. The zero-order chi connectivity index (χ0) is 21.8. The monoisotopic (exact) mass is 433 g/mol. The Labute approximate surface area is 186 Å². The van der Waals surface area contributed by atoms with Gasteiger partial charge in [-0.1, -0.05) is 47.5 Å². The third-order valence-corrected chi connectivity index (χ3v) is 5.36. The first-order valence-electron chi connectivity index (χ1n) is 10.2. The van der Waals surface area contributed by atoms with E-state index in [1.54, 1.807) is 12.3 Å². The number of carbonyl (C=O) groups excluding carboxylic acids is 1. The van der Waals surface area contributed by atoms with E-state index in [4.69, 9.17) is 16.6 Å². The minimum Gasteiger partial charge on any atom is -0.337 e. The van der Waals surface area contributed by atoms with Crippen molar-refractivity contribution in [2.24, 2.45) is 0 Å². The average molecular weight is 434 g/mol. The van der Waals surface area contributed by atoms with E-state index in [1.807, 2.05) is 31.2 Å². The van der Waals surface area contributed by atoms with Crippen molar-refractivity contribution in [3.05, 3.63) is 88.3 Å². The van der Waals surface area contributed by atoms with Crippen LogP contribution in [0.25, 0.3) is 11.2 Å². The lowest BCUT2D eigenvalue weighted by atomic mass is 10.1. The molecule has 0 saturated carbocycles. The number of aryl methyl sites for hydroxylation is 2. The minimum atomic E-state index is -0.301. The molecule has 0 fully saturated rings. The van der Waals surface area contributed by atoms with Crippen LogP contribution in [0.5, 0.6) is 0 Å². The number of fused-ring (bicyclic) bond motifs is 1. The fourth-order valence-electron chi connectivity index (χ4n) is 3.41. The van der Waals surface area contributed by atoms with Crippen LogP contribution in [0, 0.1) is 13.8 Å². The molecule has 4 rings (SSSR count). The Morgan fingerprint density at radius 1 is 1.06 bits per heavy atom. The van der Waals surface area contributed by atoms with Crippen molar-refractivity contribution in [1.29, 1.82) is 0 Å². The van der Waals surface area contributed by atoms with Gasteiger partial charge in [-0.3, -0.25) is 0 Å². The van der Waals surface area contributed by atoms with Crippen LogP contribution in [0.3, 0.4) is 0 Å². The number of urea groups is 1. The van der Waals surface area contributed by atoms with Gasteiger partial charge in [0, 0.05) is 19.2 Å². The number of halogens is 1. The molecule has 0 spiro atoms. The summed E-state index contributed by atoms with van der Waals surface area (Å²) in [5.41, 5.74) is 5.71. The molecule has 2 heterocycles. The first-order valence-corrected chi connectivity index (χ1v) is 10.5. The van der Waals surface area contributed by atoms with Gasteiger partial charge >= 0.3 is 6.03 Å². The van der Waals surface area contributed by atoms with E-state index in [9.17, 15) is 4.79 Å². The highest BCUT2D eigenvalue weighted by molar-refractivity contribution is 6.33. The van der Waals surface area contributed by atoms with Gasteiger partial charge in [-0.25, -0.2) is 14.8 Å². The maximum Gasteiger partial charge on any atom is 0.319 e. The van der Waals surface area contributed by atoms with E-state index in [2.05, 4.69) is 51.4 Å². The molecule has 31 heavy (non-hydrogen) atoms. The normalized spacial score (nSPS) is 10.9. The van der Waals surface area contributed by atoms with Crippen molar-refractivity contribution in [1.82, 2.24) is 19.9 Å². The maximum atomic E-state index is 12.3. The average Bonchev–Trinajstić information content (AvgIpc) is 3.09. The third-order valence-electron chi connectivity index (χ3n) is 5.05. The van der Waals surface area contributed by atoms with Crippen LogP contribution in [-0.4, -0.2) is 27.1 Å². The fourth-order valence-corrected chi connectivity index (χ4v) is 3.70. The van der Waals surface area contributed by atoms with E-state index < -0.39 is 0 Å². The second-order valence-electron chi connectivity index (χ2n) is 7.56. The largest absolute Gasteiger partial charge is 0.337 e. The van der Waals surface area contributed by atoms with E-state index in [0.717, 1.165) is 22.6 Å². The zero-order valence-electron chi connectivity index (χ0n) is 17.5. The number of amides is 2. The summed E-state index contributed by atoms with van der Waals surface area (Å²) in [5.74, 6) is 0.878. The molecule has 0 bridgehead atoms.